The van der Waals surface area contributed by atoms with Crippen LogP contribution >= 0.6 is 0 Å². The fourth-order valence-electron chi connectivity index (χ4n) is 2.66. The summed E-state index contributed by atoms with van der Waals surface area (Å²) < 4.78 is 27.3. The number of hydrogen-bond donors (Lipinski definition) is 1. The number of benzene rings is 1. The normalized spacial score (nSPS) is 14.2. The van der Waals surface area contributed by atoms with Gasteiger partial charge in [0.05, 0.1) is 0 Å². The molecule has 0 fully saturated rings. The van der Waals surface area contributed by atoms with Crippen molar-refractivity contribution in [3.05, 3.63) is 35.4 Å². The molecule has 0 saturated heterocycles. The van der Waals surface area contributed by atoms with Gasteiger partial charge in [-0.25, -0.2) is 8.78 Å². The van der Waals surface area contributed by atoms with Gasteiger partial charge in [0.2, 0.25) is 0 Å². The Balaban J connectivity index is 2.84. The van der Waals surface area contributed by atoms with Crippen LogP contribution in [-0.2, 0) is 0 Å². The van der Waals surface area contributed by atoms with Crippen molar-refractivity contribution >= 4 is 0 Å². The van der Waals surface area contributed by atoms with Crippen LogP contribution in [0.3, 0.4) is 0 Å². The second kappa shape index (κ2) is 9.06. The number of hydrogen-bond acceptors (Lipinski definition) is 1. The van der Waals surface area contributed by atoms with E-state index in [2.05, 4.69) is 19.2 Å². The molecule has 1 aromatic rings. The molecule has 2 atom stereocenters. The van der Waals surface area contributed by atoms with Crippen molar-refractivity contribution in [2.45, 2.75) is 58.9 Å². The molecular weight excluding hydrogens is 256 g/mol. The van der Waals surface area contributed by atoms with Gasteiger partial charge in [-0.05, 0) is 37.1 Å². The number of unbranched alkanes of at least 4 members (excludes halogenated alkanes) is 1. The number of rotatable bonds is 9. The van der Waals surface area contributed by atoms with Gasteiger partial charge in [-0.2, -0.15) is 0 Å². The Morgan fingerprint density at radius 2 is 1.90 bits per heavy atom. The van der Waals surface area contributed by atoms with Gasteiger partial charge in [-0.1, -0.05) is 46.5 Å². The van der Waals surface area contributed by atoms with E-state index in [4.69, 9.17) is 0 Å². The summed E-state index contributed by atoms with van der Waals surface area (Å²) in [5.41, 5.74) is 0.460. The second-order valence-electron chi connectivity index (χ2n) is 5.43. The molecule has 0 aliphatic rings. The van der Waals surface area contributed by atoms with Crippen molar-refractivity contribution in [2.75, 3.05) is 6.54 Å². The molecule has 20 heavy (non-hydrogen) atoms. The van der Waals surface area contributed by atoms with Gasteiger partial charge in [-0.3, -0.25) is 0 Å². The van der Waals surface area contributed by atoms with Crippen molar-refractivity contribution in [3.63, 3.8) is 0 Å². The average Bonchev–Trinajstić information content (AvgIpc) is 2.45. The smallest absolute Gasteiger partial charge is 0.128 e. The summed E-state index contributed by atoms with van der Waals surface area (Å²) in [4.78, 5) is 0. The van der Waals surface area contributed by atoms with E-state index in [9.17, 15) is 8.78 Å². The third-order valence-electron chi connectivity index (χ3n) is 3.90. The van der Waals surface area contributed by atoms with Crippen LogP contribution in [-0.4, -0.2) is 6.54 Å². The molecule has 114 valence electrons. The van der Waals surface area contributed by atoms with Crippen LogP contribution in [0.15, 0.2) is 18.2 Å². The van der Waals surface area contributed by atoms with E-state index in [1.165, 1.54) is 31.0 Å². The van der Waals surface area contributed by atoms with E-state index in [1.807, 2.05) is 6.92 Å². The summed E-state index contributed by atoms with van der Waals surface area (Å²) in [6.07, 6.45) is 5.48. The van der Waals surface area contributed by atoms with Crippen LogP contribution < -0.4 is 5.32 Å². The fraction of sp³-hybridized carbons (Fsp3) is 0.647. The van der Waals surface area contributed by atoms with Crippen LogP contribution in [0.5, 0.6) is 0 Å². The lowest BCUT2D eigenvalue weighted by Gasteiger charge is -2.24. The maximum atomic E-state index is 13.9. The SMILES string of the molecule is CCCCC(CC)CC(NCC)c1cc(F)ccc1F. The molecule has 0 aromatic heterocycles. The van der Waals surface area contributed by atoms with Gasteiger partial charge < -0.3 is 5.32 Å². The lowest BCUT2D eigenvalue weighted by atomic mass is 9.89. The molecule has 1 nitrogen and oxygen atoms in total. The Morgan fingerprint density at radius 1 is 1.15 bits per heavy atom. The maximum Gasteiger partial charge on any atom is 0.128 e. The van der Waals surface area contributed by atoms with Crippen molar-refractivity contribution in [2.24, 2.45) is 5.92 Å². The Bertz CT molecular complexity index is 393. The highest BCUT2D eigenvalue weighted by Crippen LogP contribution is 2.28. The minimum atomic E-state index is -0.370. The summed E-state index contributed by atoms with van der Waals surface area (Å²) in [6.45, 7) is 7.11. The second-order valence-corrected chi connectivity index (χ2v) is 5.43. The summed E-state index contributed by atoms with van der Waals surface area (Å²) in [7, 11) is 0. The van der Waals surface area contributed by atoms with E-state index >= 15 is 0 Å². The Morgan fingerprint density at radius 3 is 2.50 bits per heavy atom. The van der Waals surface area contributed by atoms with Crippen molar-refractivity contribution in [3.8, 4) is 0 Å². The van der Waals surface area contributed by atoms with E-state index in [0.29, 0.717) is 11.5 Å². The third kappa shape index (κ3) is 5.20. The van der Waals surface area contributed by atoms with Crippen LogP contribution in [0.25, 0.3) is 0 Å². The molecule has 2 unspecified atom stereocenters. The molecule has 1 rings (SSSR count). The maximum absolute atomic E-state index is 13.9. The first kappa shape index (κ1) is 17.1. The van der Waals surface area contributed by atoms with Gasteiger partial charge in [0.25, 0.3) is 0 Å². The topological polar surface area (TPSA) is 12.0 Å². The molecule has 0 heterocycles. The van der Waals surface area contributed by atoms with Crippen LogP contribution in [0, 0.1) is 17.6 Å². The molecule has 3 heteroatoms. The van der Waals surface area contributed by atoms with E-state index in [0.717, 1.165) is 25.8 Å². The van der Waals surface area contributed by atoms with Crippen molar-refractivity contribution in [1.29, 1.82) is 0 Å². The molecular formula is C17H27F2N. The molecule has 0 amide bonds. The minimum Gasteiger partial charge on any atom is -0.310 e. The summed E-state index contributed by atoms with van der Waals surface area (Å²) in [5, 5.41) is 3.30. The minimum absolute atomic E-state index is 0.0995. The largest absolute Gasteiger partial charge is 0.310 e. The molecule has 0 aliphatic heterocycles. The highest BCUT2D eigenvalue weighted by Gasteiger charge is 2.19. The predicted molar refractivity (Wildman–Crippen MR) is 80.7 cm³/mol. The molecule has 0 bridgehead atoms. The first-order valence-electron chi connectivity index (χ1n) is 7.80. The lowest BCUT2D eigenvalue weighted by molar-refractivity contribution is 0.350. The standard InChI is InChI=1S/C17H27F2N/c1-4-7-8-13(5-2)11-17(20-6-3)15-12-14(18)9-10-16(15)19/h9-10,12-13,17,20H,4-8,11H2,1-3H3. The van der Waals surface area contributed by atoms with Gasteiger partial charge in [0.1, 0.15) is 11.6 Å². The molecule has 0 spiro atoms. The molecule has 1 N–H and O–H groups in total. The summed E-state index contributed by atoms with van der Waals surface area (Å²) >= 11 is 0. The molecule has 0 radical (unpaired) electrons. The number of nitrogens with one attached hydrogen (secondary N) is 1. The van der Waals surface area contributed by atoms with Crippen molar-refractivity contribution < 1.29 is 8.78 Å². The van der Waals surface area contributed by atoms with Crippen LogP contribution in [0.2, 0.25) is 0 Å². The third-order valence-corrected chi connectivity index (χ3v) is 3.90. The van der Waals surface area contributed by atoms with Gasteiger partial charge in [0, 0.05) is 11.6 Å². The zero-order valence-electron chi connectivity index (χ0n) is 12.9. The average molecular weight is 283 g/mol. The molecule has 1 aromatic carbocycles. The Hall–Kier alpha value is -0.960. The fourth-order valence-corrected chi connectivity index (χ4v) is 2.66. The Kier molecular flexibility index (Phi) is 7.75. The molecule has 0 aliphatic carbocycles. The Labute approximate surface area is 121 Å². The summed E-state index contributed by atoms with van der Waals surface area (Å²) in [6, 6.07) is 3.63. The van der Waals surface area contributed by atoms with E-state index in [1.54, 1.807) is 0 Å². The lowest BCUT2D eigenvalue weighted by Crippen LogP contribution is -2.24. The quantitative estimate of drug-likeness (QED) is 0.655. The number of halogens is 2. The highest BCUT2D eigenvalue weighted by molar-refractivity contribution is 5.22. The first-order valence-corrected chi connectivity index (χ1v) is 7.80. The van der Waals surface area contributed by atoms with E-state index < -0.39 is 0 Å². The van der Waals surface area contributed by atoms with E-state index in [-0.39, 0.29) is 17.7 Å². The first-order chi connectivity index (χ1) is 9.62. The van der Waals surface area contributed by atoms with Gasteiger partial charge in [-0.15, -0.1) is 0 Å². The van der Waals surface area contributed by atoms with Gasteiger partial charge >= 0.3 is 0 Å². The van der Waals surface area contributed by atoms with Crippen molar-refractivity contribution in [1.82, 2.24) is 5.32 Å². The molecule has 0 saturated carbocycles. The van der Waals surface area contributed by atoms with Crippen LogP contribution in [0.4, 0.5) is 8.78 Å². The summed E-state index contributed by atoms with van der Waals surface area (Å²) in [5.74, 6) is -0.129. The predicted octanol–water partition coefficient (Wildman–Crippen LogP) is 5.22. The highest BCUT2D eigenvalue weighted by atomic mass is 19.1. The van der Waals surface area contributed by atoms with Gasteiger partial charge in [0.15, 0.2) is 0 Å². The zero-order valence-corrected chi connectivity index (χ0v) is 12.9. The zero-order chi connectivity index (χ0) is 15.0. The monoisotopic (exact) mass is 283 g/mol. The van der Waals surface area contributed by atoms with Crippen LogP contribution in [0.1, 0.15) is 64.5 Å².